The molecule has 0 radical (unpaired) electrons. The number of hydrogen-bond acceptors (Lipinski definition) is 7. The third kappa shape index (κ3) is 3.68. The van der Waals surface area contributed by atoms with Crippen molar-refractivity contribution in [3.63, 3.8) is 0 Å². The summed E-state index contributed by atoms with van der Waals surface area (Å²) in [6, 6.07) is 11.6. The summed E-state index contributed by atoms with van der Waals surface area (Å²) in [6.07, 6.45) is 0.326. The second-order valence-corrected chi connectivity index (χ2v) is 8.75. The zero-order chi connectivity index (χ0) is 23.1. The summed E-state index contributed by atoms with van der Waals surface area (Å²) in [7, 11) is 3.21. The van der Waals surface area contributed by atoms with E-state index in [0.29, 0.717) is 35.5 Å². The Kier molecular flexibility index (Phi) is 5.41. The summed E-state index contributed by atoms with van der Waals surface area (Å²) in [4.78, 5) is 17.5. The Morgan fingerprint density at radius 2 is 1.97 bits per heavy atom. The number of methoxy groups -OCH3 is 2. The molecule has 0 bridgehead atoms. The number of fused-ring (bicyclic) bond motifs is 2. The number of thiazole rings is 1. The van der Waals surface area contributed by atoms with Gasteiger partial charge < -0.3 is 19.5 Å². The number of nitrogens with zero attached hydrogens (tertiary/aromatic N) is 3. The molecule has 1 atom stereocenters. The van der Waals surface area contributed by atoms with Crippen molar-refractivity contribution in [3.05, 3.63) is 53.2 Å². The number of benzene rings is 2. The van der Waals surface area contributed by atoms with Crippen molar-refractivity contribution < 1.29 is 19.0 Å². The second-order valence-electron chi connectivity index (χ2n) is 7.74. The van der Waals surface area contributed by atoms with Crippen molar-refractivity contribution in [2.45, 2.75) is 26.2 Å². The molecule has 0 spiro atoms. The number of rotatable bonds is 6. The van der Waals surface area contributed by atoms with Crippen LogP contribution in [0.15, 0.2) is 36.4 Å². The van der Waals surface area contributed by atoms with Crippen LogP contribution in [0.3, 0.4) is 0 Å². The van der Waals surface area contributed by atoms with Crippen LogP contribution >= 0.6 is 11.3 Å². The van der Waals surface area contributed by atoms with E-state index in [1.807, 2.05) is 50.2 Å². The molecular weight excluding hydrogens is 440 g/mol. The van der Waals surface area contributed by atoms with E-state index < -0.39 is 0 Å². The molecule has 5 rings (SSSR count). The molecule has 0 fully saturated rings. The average molecular weight is 465 g/mol. The number of carbonyl (C=O) groups is 1. The Morgan fingerprint density at radius 1 is 1.15 bits per heavy atom. The van der Waals surface area contributed by atoms with E-state index in [4.69, 9.17) is 24.3 Å². The molecule has 0 saturated heterocycles. The Balaban J connectivity index is 1.60. The summed E-state index contributed by atoms with van der Waals surface area (Å²) >= 11 is 1.51. The van der Waals surface area contributed by atoms with Crippen LogP contribution in [0.25, 0.3) is 15.3 Å². The van der Waals surface area contributed by atoms with E-state index in [1.54, 1.807) is 18.9 Å². The molecule has 170 valence electrons. The number of aryl methyl sites for hydroxylation is 1. The predicted molar refractivity (Wildman–Crippen MR) is 127 cm³/mol. The normalized spacial score (nSPS) is 15.3. The third-order valence-corrected chi connectivity index (χ3v) is 6.75. The molecule has 0 aliphatic carbocycles. The van der Waals surface area contributed by atoms with Gasteiger partial charge in [-0.1, -0.05) is 17.4 Å². The van der Waals surface area contributed by atoms with Crippen LogP contribution in [0.4, 0.5) is 5.82 Å². The Labute approximate surface area is 195 Å². The summed E-state index contributed by atoms with van der Waals surface area (Å²) < 4.78 is 19.2. The highest BCUT2D eigenvalue weighted by Crippen LogP contribution is 2.43. The van der Waals surface area contributed by atoms with Crippen molar-refractivity contribution in [1.82, 2.24) is 14.8 Å². The van der Waals surface area contributed by atoms with E-state index in [2.05, 4.69) is 5.32 Å². The van der Waals surface area contributed by atoms with Crippen LogP contribution in [-0.2, 0) is 4.79 Å². The highest BCUT2D eigenvalue weighted by Gasteiger charge is 2.33. The van der Waals surface area contributed by atoms with Crippen LogP contribution in [0.5, 0.6) is 17.2 Å². The van der Waals surface area contributed by atoms with Gasteiger partial charge in [0.25, 0.3) is 0 Å². The van der Waals surface area contributed by atoms with Crippen molar-refractivity contribution in [2.24, 2.45) is 0 Å². The first kappa shape index (κ1) is 21.3. The number of ether oxygens (including phenoxy) is 3. The topological polar surface area (TPSA) is 87.5 Å². The molecule has 0 saturated carbocycles. The van der Waals surface area contributed by atoms with Crippen molar-refractivity contribution in [2.75, 3.05) is 26.1 Å². The van der Waals surface area contributed by atoms with E-state index in [9.17, 15) is 4.79 Å². The monoisotopic (exact) mass is 464 g/mol. The van der Waals surface area contributed by atoms with Crippen LogP contribution < -0.4 is 19.5 Å². The number of anilines is 1. The molecule has 4 aromatic rings. The number of amides is 1. The molecule has 2 aromatic carbocycles. The van der Waals surface area contributed by atoms with Gasteiger partial charge in [0.1, 0.15) is 11.6 Å². The number of nitrogens with one attached hydrogen (secondary N) is 1. The zero-order valence-corrected chi connectivity index (χ0v) is 19.7. The second kappa shape index (κ2) is 8.40. The third-order valence-electron chi connectivity index (χ3n) is 5.75. The first-order valence-corrected chi connectivity index (χ1v) is 11.5. The minimum absolute atomic E-state index is 0.0665. The lowest BCUT2D eigenvalue weighted by molar-refractivity contribution is -0.116. The van der Waals surface area contributed by atoms with E-state index in [1.165, 1.54) is 11.3 Å². The molecule has 3 heterocycles. The molecule has 1 aliphatic heterocycles. The fourth-order valence-electron chi connectivity index (χ4n) is 4.28. The number of aromatic nitrogens is 3. The van der Waals surface area contributed by atoms with Gasteiger partial charge >= 0.3 is 0 Å². The first-order valence-electron chi connectivity index (χ1n) is 10.7. The van der Waals surface area contributed by atoms with Crippen molar-refractivity contribution in [1.29, 1.82) is 0 Å². The smallest absolute Gasteiger partial charge is 0.226 e. The Morgan fingerprint density at radius 3 is 2.73 bits per heavy atom. The standard InChI is InChI=1S/C24H24N4O4S/c1-5-32-15-7-8-17-20(11-15)33-24(25-17)28-23-22(13(2)27-28)16(12-21(29)26-23)14-6-9-18(30-3)19(10-14)31-4/h6-11,16H,5,12H2,1-4H3,(H,26,29)/t16-/m0/s1. The highest BCUT2D eigenvalue weighted by molar-refractivity contribution is 7.20. The van der Waals surface area contributed by atoms with Crippen LogP contribution in [-0.4, -0.2) is 41.5 Å². The van der Waals surface area contributed by atoms with Gasteiger partial charge in [-0.3, -0.25) is 4.79 Å². The number of carbonyl (C=O) groups excluding carboxylic acids is 1. The van der Waals surface area contributed by atoms with Gasteiger partial charge in [0.2, 0.25) is 11.0 Å². The van der Waals surface area contributed by atoms with Crippen LogP contribution in [0.1, 0.15) is 36.1 Å². The molecular formula is C24H24N4O4S. The summed E-state index contributed by atoms with van der Waals surface area (Å²) in [5, 5.41) is 8.48. The van der Waals surface area contributed by atoms with Gasteiger partial charge in [0, 0.05) is 17.9 Å². The maximum atomic E-state index is 12.7. The maximum absolute atomic E-state index is 12.7. The maximum Gasteiger partial charge on any atom is 0.226 e. The van der Waals surface area contributed by atoms with E-state index >= 15 is 0 Å². The van der Waals surface area contributed by atoms with Crippen LogP contribution in [0.2, 0.25) is 0 Å². The van der Waals surface area contributed by atoms with E-state index in [-0.39, 0.29) is 11.8 Å². The average Bonchev–Trinajstić information content (AvgIpc) is 3.38. The summed E-state index contributed by atoms with van der Waals surface area (Å²) in [6.45, 7) is 4.52. The molecule has 0 unspecified atom stereocenters. The zero-order valence-electron chi connectivity index (χ0n) is 18.8. The first-order chi connectivity index (χ1) is 16.0. The molecule has 1 aliphatic rings. The summed E-state index contributed by atoms with van der Waals surface area (Å²) in [5.41, 5.74) is 3.66. The SMILES string of the molecule is CCOc1ccc2nc(-n3nc(C)c4c3NC(=O)C[C@H]4c3ccc(OC)c(OC)c3)sc2c1. The van der Waals surface area contributed by atoms with Gasteiger partial charge in [-0.2, -0.15) is 9.78 Å². The molecule has 1 amide bonds. The van der Waals surface area contributed by atoms with Gasteiger partial charge in [-0.15, -0.1) is 0 Å². The number of hydrogen-bond donors (Lipinski definition) is 1. The minimum atomic E-state index is -0.152. The lowest BCUT2D eigenvalue weighted by atomic mass is 9.85. The fraction of sp³-hybridized carbons (Fsp3) is 0.292. The predicted octanol–water partition coefficient (Wildman–Crippen LogP) is 4.68. The van der Waals surface area contributed by atoms with Crippen molar-refractivity contribution >= 4 is 33.3 Å². The molecule has 9 heteroatoms. The van der Waals surface area contributed by atoms with Gasteiger partial charge in [-0.25, -0.2) is 4.98 Å². The van der Waals surface area contributed by atoms with E-state index in [0.717, 1.165) is 32.8 Å². The Bertz CT molecular complexity index is 1360. The molecule has 2 aromatic heterocycles. The molecule has 1 N–H and O–H groups in total. The van der Waals surface area contributed by atoms with Crippen molar-refractivity contribution in [3.8, 4) is 22.4 Å². The highest BCUT2D eigenvalue weighted by atomic mass is 32.1. The summed E-state index contributed by atoms with van der Waals surface area (Å²) in [5.74, 6) is 2.52. The van der Waals surface area contributed by atoms with Crippen LogP contribution in [0, 0.1) is 6.92 Å². The van der Waals surface area contributed by atoms with Gasteiger partial charge in [-0.05, 0) is 49.7 Å². The largest absolute Gasteiger partial charge is 0.494 e. The van der Waals surface area contributed by atoms with Gasteiger partial charge in [0.15, 0.2) is 11.5 Å². The lowest BCUT2D eigenvalue weighted by Gasteiger charge is -2.24. The minimum Gasteiger partial charge on any atom is -0.494 e. The molecule has 33 heavy (non-hydrogen) atoms. The Hall–Kier alpha value is -3.59. The fourth-order valence-corrected chi connectivity index (χ4v) is 5.23. The quantitative estimate of drug-likeness (QED) is 0.446. The molecule has 8 nitrogen and oxygen atoms in total. The lowest BCUT2D eigenvalue weighted by Crippen LogP contribution is -2.25. The van der Waals surface area contributed by atoms with Gasteiger partial charge in [0.05, 0.1) is 36.7 Å².